The second-order valence-electron chi connectivity index (χ2n) is 6.78. The molecule has 23 heavy (non-hydrogen) atoms. The molecular formula is C17H31N5O. The number of carbonyl (C=O) groups excluding carboxylic acids is 1. The van der Waals surface area contributed by atoms with Crippen molar-refractivity contribution in [1.82, 2.24) is 24.9 Å². The van der Waals surface area contributed by atoms with Crippen molar-refractivity contribution in [3.8, 4) is 0 Å². The highest BCUT2D eigenvalue weighted by molar-refractivity contribution is 5.75. The number of aromatic nitrogens is 2. The number of piperazine rings is 1. The molecule has 0 unspecified atom stereocenters. The highest BCUT2D eigenvalue weighted by Gasteiger charge is 2.19. The van der Waals surface area contributed by atoms with Crippen molar-refractivity contribution >= 4 is 5.91 Å². The highest BCUT2D eigenvalue weighted by Crippen LogP contribution is 2.10. The molecule has 2 rings (SSSR count). The Kier molecular flexibility index (Phi) is 6.18. The molecule has 1 aliphatic heterocycles. The van der Waals surface area contributed by atoms with E-state index in [1.54, 1.807) is 4.68 Å². The van der Waals surface area contributed by atoms with E-state index in [1.807, 2.05) is 20.8 Å². The predicted octanol–water partition coefficient (Wildman–Crippen LogP) is 0.951. The van der Waals surface area contributed by atoms with Crippen molar-refractivity contribution < 1.29 is 4.79 Å². The number of likely N-dealkylation sites (N-methyl/N-ethyl adjacent to an activating group) is 1. The van der Waals surface area contributed by atoms with Crippen molar-refractivity contribution in [2.75, 3.05) is 39.8 Å². The molecule has 1 aromatic rings. The molecule has 1 aliphatic rings. The molecular weight excluding hydrogens is 290 g/mol. The quantitative estimate of drug-likeness (QED) is 0.848. The number of hydrogen-bond donors (Lipinski definition) is 1. The summed E-state index contributed by atoms with van der Waals surface area (Å²) in [4.78, 5) is 17.0. The maximum Gasteiger partial charge on any atom is 0.241 e. The zero-order valence-electron chi connectivity index (χ0n) is 15.2. The topological polar surface area (TPSA) is 53.4 Å². The van der Waals surface area contributed by atoms with Crippen LogP contribution >= 0.6 is 0 Å². The van der Waals surface area contributed by atoms with Crippen LogP contribution in [0.15, 0.2) is 0 Å². The summed E-state index contributed by atoms with van der Waals surface area (Å²) in [5, 5.41) is 7.45. The average Bonchev–Trinajstić information content (AvgIpc) is 2.75. The molecule has 1 amide bonds. The Morgan fingerprint density at radius 3 is 2.43 bits per heavy atom. The minimum atomic E-state index is 0.0428. The van der Waals surface area contributed by atoms with Gasteiger partial charge in [-0.3, -0.25) is 14.4 Å². The van der Waals surface area contributed by atoms with Crippen LogP contribution in [0, 0.1) is 20.8 Å². The molecule has 1 fully saturated rings. The number of nitrogens with one attached hydrogen (secondary N) is 1. The van der Waals surface area contributed by atoms with Crippen LogP contribution in [0.3, 0.4) is 0 Å². The first kappa shape index (κ1) is 17.9. The lowest BCUT2D eigenvalue weighted by Crippen LogP contribution is -2.48. The lowest BCUT2D eigenvalue weighted by Gasteiger charge is -2.36. The molecule has 1 N–H and O–H groups in total. The van der Waals surface area contributed by atoms with Crippen LogP contribution in [0.25, 0.3) is 0 Å². The van der Waals surface area contributed by atoms with Gasteiger partial charge in [0.15, 0.2) is 0 Å². The molecule has 0 radical (unpaired) electrons. The minimum Gasteiger partial charge on any atom is -0.354 e. The first-order chi connectivity index (χ1) is 10.9. The monoisotopic (exact) mass is 321 g/mol. The van der Waals surface area contributed by atoms with Gasteiger partial charge in [0.2, 0.25) is 5.91 Å². The summed E-state index contributed by atoms with van der Waals surface area (Å²) in [6.45, 7) is 13.8. The summed E-state index contributed by atoms with van der Waals surface area (Å²) < 4.78 is 1.80. The van der Waals surface area contributed by atoms with Crippen molar-refractivity contribution in [1.29, 1.82) is 0 Å². The summed E-state index contributed by atoms with van der Waals surface area (Å²) in [7, 11) is 2.17. The van der Waals surface area contributed by atoms with E-state index < -0.39 is 0 Å². The fourth-order valence-corrected chi connectivity index (χ4v) is 3.00. The number of nitrogens with zero attached hydrogens (tertiary/aromatic N) is 4. The minimum absolute atomic E-state index is 0.0428. The fraction of sp³-hybridized carbons (Fsp3) is 0.765. The summed E-state index contributed by atoms with van der Waals surface area (Å²) in [5.41, 5.74) is 3.24. The molecule has 1 atom stereocenters. The van der Waals surface area contributed by atoms with Gasteiger partial charge in [-0.25, -0.2) is 0 Å². The number of amides is 1. The van der Waals surface area contributed by atoms with Crippen molar-refractivity contribution in [3.05, 3.63) is 17.0 Å². The second-order valence-corrected chi connectivity index (χ2v) is 6.78. The Balaban J connectivity index is 1.71. The van der Waals surface area contributed by atoms with Crippen molar-refractivity contribution in [2.24, 2.45) is 0 Å². The smallest absolute Gasteiger partial charge is 0.241 e. The lowest BCUT2D eigenvalue weighted by atomic mass is 10.1. The molecule has 0 aromatic carbocycles. The van der Waals surface area contributed by atoms with Crippen LogP contribution in [0.4, 0.5) is 0 Å². The summed E-state index contributed by atoms with van der Waals surface area (Å²) >= 11 is 0. The van der Waals surface area contributed by atoms with E-state index in [9.17, 15) is 4.79 Å². The van der Waals surface area contributed by atoms with Crippen LogP contribution in [0.2, 0.25) is 0 Å². The second kappa shape index (κ2) is 7.93. The molecule has 130 valence electrons. The molecule has 6 nitrogen and oxygen atoms in total. The predicted molar refractivity (Wildman–Crippen MR) is 92.6 cm³/mol. The summed E-state index contributed by atoms with van der Waals surface area (Å²) in [6.07, 6.45) is 0.992. The third-order valence-corrected chi connectivity index (χ3v) is 5.08. The number of aryl methyl sites for hydroxylation is 1. The van der Waals surface area contributed by atoms with E-state index in [2.05, 4.69) is 34.2 Å². The highest BCUT2D eigenvalue weighted by atomic mass is 16.2. The third kappa shape index (κ3) is 4.78. The van der Waals surface area contributed by atoms with E-state index in [1.165, 1.54) is 5.56 Å². The van der Waals surface area contributed by atoms with Gasteiger partial charge in [0.1, 0.15) is 6.54 Å². The van der Waals surface area contributed by atoms with E-state index in [4.69, 9.17) is 0 Å². The standard InChI is InChI=1S/C17H31N5O/c1-13(21-10-8-20(5)9-11-21)6-7-18-17(23)12-22-16(4)14(2)15(3)19-22/h13H,6-12H2,1-5H3,(H,18,23)/t13-/m0/s1. The Morgan fingerprint density at radius 2 is 1.87 bits per heavy atom. The molecule has 2 heterocycles. The fourth-order valence-electron chi connectivity index (χ4n) is 3.00. The van der Waals surface area contributed by atoms with Gasteiger partial charge in [-0.1, -0.05) is 0 Å². The van der Waals surface area contributed by atoms with Gasteiger partial charge in [-0.05, 0) is 46.7 Å². The van der Waals surface area contributed by atoms with E-state index in [0.29, 0.717) is 12.6 Å². The molecule has 0 bridgehead atoms. The Hall–Kier alpha value is -1.40. The summed E-state index contributed by atoms with van der Waals surface area (Å²) in [5.74, 6) is 0.0428. The van der Waals surface area contributed by atoms with Crippen LogP contribution in [0.5, 0.6) is 0 Å². The van der Waals surface area contributed by atoms with Gasteiger partial charge in [0, 0.05) is 44.5 Å². The van der Waals surface area contributed by atoms with E-state index in [-0.39, 0.29) is 5.91 Å². The van der Waals surface area contributed by atoms with Gasteiger partial charge < -0.3 is 10.2 Å². The normalized spacial score (nSPS) is 18.1. The van der Waals surface area contributed by atoms with Gasteiger partial charge in [0.25, 0.3) is 0 Å². The maximum absolute atomic E-state index is 12.1. The number of hydrogen-bond acceptors (Lipinski definition) is 4. The molecule has 6 heteroatoms. The molecule has 1 aromatic heterocycles. The Labute approximate surface area is 139 Å². The lowest BCUT2D eigenvalue weighted by molar-refractivity contribution is -0.121. The summed E-state index contributed by atoms with van der Waals surface area (Å²) in [6, 6.07) is 0.514. The van der Waals surface area contributed by atoms with Crippen LogP contribution in [-0.2, 0) is 11.3 Å². The van der Waals surface area contributed by atoms with E-state index in [0.717, 1.165) is 50.5 Å². The molecule has 0 saturated carbocycles. The van der Waals surface area contributed by atoms with Gasteiger partial charge in [-0.2, -0.15) is 5.10 Å². The molecule has 0 aliphatic carbocycles. The average molecular weight is 321 g/mol. The number of rotatable bonds is 6. The van der Waals surface area contributed by atoms with Crippen molar-refractivity contribution in [2.45, 2.75) is 46.7 Å². The zero-order chi connectivity index (χ0) is 17.0. The largest absolute Gasteiger partial charge is 0.354 e. The van der Waals surface area contributed by atoms with Gasteiger partial charge in [-0.15, -0.1) is 0 Å². The van der Waals surface area contributed by atoms with Crippen LogP contribution in [-0.4, -0.2) is 71.3 Å². The SMILES string of the molecule is Cc1nn(CC(=O)NCC[C@H](C)N2CCN(C)CC2)c(C)c1C. The zero-order valence-corrected chi connectivity index (χ0v) is 15.2. The molecule has 1 saturated heterocycles. The van der Waals surface area contributed by atoms with Gasteiger partial charge in [0.05, 0.1) is 5.69 Å². The Bertz CT molecular complexity index is 531. The van der Waals surface area contributed by atoms with E-state index >= 15 is 0 Å². The van der Waals surface area contributed by atoms with Crippen molar-refractivity contribution in [3.63, 3.8) is 0 Å². The first-order valence-electron chi connectivity index (χ1n) is 8.58. The van der Waals surface area contributed by atoms with Crippen LogP contribution in [0.1, 0.15) is 30.3 Å². The van der Waals surface area contributed by atoms with Gasteiger partial charge >= 0.3 is 0 Å². The maximum atomic E-state index is 12.1. The third-order valence-electron chi connectivity index (χ3n) is 5.08. The molecule has 0 spiro atoms. The van der Waals surface area contributed by atoms with Crippen LogP contribution < -0.4 is 5.32 Å². The first-order valence-corrected chi connectivity index (χ1v) is 8.58. The Morgan fingerprint density at radius 1 is 1.22 bits per heavy atom. The number of carbonyl (C=O) groups is 1.